The Labute approximate surface area is 149 Å². The van der Waals surface area contributed by atoms with Gasteiger partial charge in [-0.1, -0.05) is 12.7 Å². The third kappa shape index (κ3) is 3.28. The minimum absolute atomic E-state index is 0.192. The summed E-state index contributed by atoms with van der Waals surface area (Å²) in [7, 11) is 1.83. The first kappa shape index (κ1) is 17.2. The van der Waals surface area contributed by atoms with Crippen LogP contribution in [0, 0.1) is 12.7 Å². The molecule has 0 aliphatic heterocycles. The molecule has 5 nitrogen and oxygen atoms in total. The van der Waals surface area contributed by atoms with Gasteiger partial charge in [-0.3, -0.25) is 5.10 Å². The van der Waals surface area contributed by atoms with Crippen LogP contribution in [0.4, 0.5) is 9.52 Å². The number of aromatic nitrogens is 3. The summed E-state index contributed by atoms with van der Waals surface area (Å²) in [6.45, 7) is 8.28. The van der Waals surface area contributed by atoms with Gasteiger partial charge in [0.05, 0.1) is 24.0 Å². The molecule has 0 amide bonds. The second-order valence-electron chi connectivity index (χ2n) is 5.40. The highest BCUT2D eigenvalue weighted by Gasteiger charge is 2.17. The van der Waals surface area contributed by atoms with Crippen LogP contribution in [0.25, 0.3) is 22.6 Å². The molecule has 130 valence electrons. The largest absolute Gasteiger partial charge is 0.490 e. The van der Waals surface area contributed by atoms with Crippen LogP contribution >= 0.6 is 11.3 Å². The number of fused-ring (bicyclic) bond motifs is 1. The number of hydrogen-bond donors (Lipinski definition) is 2. The van der Waals surface area contributed by atoms with Gasteiger partial charge in [-0.2, -0.15) is 5.10 Å². The van der Waals surface area contributed by atoms with E-state index in [-0.39, 0.29) is 5.75 Å². The second kappa shape index (κ2) is 7.06. The van der Waals surface area contributed by atoms with E-state index in [1.165, 1.54) is 6.07 Å². The molecule has 0 saturated heterocycles. The fourth-order valence-corrected chi connectivity index (χ4v) is 3.33. The maximum Gasteiger partial charge on any atom is 0.183 e. The first-order valence-corrected chi connectivity index (χ1v) is 8.67. The number of anilines is 1. The van der Waals surface area contributed by atoms with Crippen LogP contribution in [0.2, 0.25) is 0 Å². The summed E-state index contributed by atoms with van der Waals surface area (Å²) in [5.74, 6) is -0.248. The molecule has 0 bridgehead atoms. The van der Waals surface area contributed by atoms with Crippen LogP contribution in [0.15, 0.2) is 24.9 Å². The molecule has 3 rings (SSSR count). The van der Waals surface area contributed by atoms with E-state index in [1.54, 1.807) is 17.5 Å². The Kier molecular flexibility index (Phi) is 4.85. The third-order valence-electron chi connectivity index (χ3n) is 3.75. The van der Waals surface area contributed by atoms with Gasteiger partial charge < -0.3 is 10.1 Å². The number of H-pyrrole nitrogens is 1. The zero-order valence-corrected chi connectivity index (χ0v) is 15.1. The van der Waals surface area contributed by atoms with Crippen molar-refractivity contribution in [3.8, 4) is 5.75 Å². The van der Waals surface area contributed by atoms with Crippen molar-refractivity contribution in [2.24, 2.45) is 0 Å². The van der Waals surface area contributed by atoms with E-state index in [0.29, 0.717) is 23.3 Å². The molecule has 1 aromatic carbocycles. The van der Waals surface area contributed by atoms with Crippen LogP contribution in [-0.2, 0) is 0 Å². The summed E-state index contributed by atoms with van der Waals surface area (Å²) in [5, 5.41) is 11.4. The molecule has 0 radical (unpaired) electrons. The number of nitrogens with one attached hydrogen (secondary N) is 2. The van der Waals surface area contributed by atoms with Crippen molar-refractivity contribution >= 4 is 39.0 Å². The van der Waals surface area contributed by atoms with Gasteiger partial charge >= 0.3 is 0 Å². The summed E-state index contributed by atoms with van der Waals surface area (Å²) in [5.41, 5.74) is 2.69. The number of hydrogen-bond acceptors (Lipinski definition) is 5. The number of ether oxygens (including phenoxy) is 1. The van der Waals surface area contributed by atoms with Crippen molar-refractivity contribution < 1.29 is 9.13 Å². The zero-order valence-electron chi connectivity index (χ0n) is 14.3. The Morgan fingerprint density at radius 3 is 3.00 bits per heavy atom. The second-order valence-corrected chi connectivity index (χ2v) is 6.60. The summed E-state index contributed by atoms with van der Waals surface area (Å²) in [4.78, 5) is 5.57. The van der Waals surface area contributed by atoms with Crippen LogP contribution in [-0.4, -0.2) is 28.8 Å². The minimum Gasteiger partial charge on any atom is -0.490 e. The summed E-state index contributed by atoms with van der Waals surface area (Å²) < 4.78 is 20.0. The van der Waals surface area contributed by atoms with Gasteiger partial charge in [0.25, 0.3) is 0 Å². The molecular formula is C18H19FN4OS. The van der Waals surface area contributed by atoms with E-state index < -0.39 is 5.82 Å². The van der Waals surface area contributed by atoms with Crippen LogP contribution in [0.5, 0.6) is 5.75 Å². The van der Waals surface area contributed by atoms with Gasteiger partial charge in [0.1, 0.15) is 0 Å². The Bertz CT molecular complexity index is 958. The van der Waals surface area contributed by atoms with Gasteiger partial charge in [0.2, 0.25) is 0 Å². The molecule has 0 fully saturated rings. The molecule has 0 aliphatic carbocycles. The average molecular weight is 358 g/mol. The number of rotatable bonds is 6. The standard InChI is InChI=1S/C18H19FN4OS/c1-5-24-17-13(19)8-15-12(9-21-23-15)16(17)10(2)6-7-14-11(3)25-18(20-4)22-14/h6-9H,2,5H2,1,3-4H3,(H,20,22)(H,21,23)/b7-6-. The molecule has 0 unspecified atom stereocenters. The highest BCUT2D eigenvalue weighted by molar-refractivity contribution is 7.15. The van der Waals surface area contributed by atoms with Gasteiger partial charge in [-0.05, 0) is 25.5 Å². The van der Waals surface area contributed by atoms with Gasteiger partial charge in [-0.25, -0.2) is 9.37 Å². The molecule has 0 saturated carbocycles. The molecule has 2 heterocycles. The van der Waals surface area contributed by atoms with E-state index in [9.17, 15) is 4.39 Å². The van der Waals surface area contributed by atoms with E-state index >= 15 is 0 Å². The fraction of sp³-hybridized carbons (Fsp3) is 0.222. The normalized spacial score (nSPS) is 11.4. The van der Waals surface area contributed by atoms with Crippen molar-refractivity contribution in [2.75, 3.05) is 19.0 Å². The van der Waals surface area contributed by atoms with E-state index in [0.717, 1.165) is 21.1 Å². The molecule has 2 N–H and O–H groups in total. The molecule has 25 heavy (non-hydrogen) atoms. The van der Waals surface area contributed by atoms with E-state index in [2.05, 4.69) is 27.1 Å². The quantitative estimate of drug-likeness (QED) is 0.631. The Hall–Kier alpha value is -2.67. The maximum absolute atomic E-state index is 14.4. The van der Waals surface area contributed by atoms with Gasteiger partial charge in [0.15, 0.2) is 16.7 Å². The summed E-state index contributed by atoms with van der Waals surface area (Å²) in [6, 6.07) is 1.39. The van der Waals surface area contributed by atoms with Gasteiger partial charge in [-0.15, -0.1) is 11.3 Å². The lowest BCUT2D eigenvalue weighted by Gasteiger charge is -2.12. The number of aromatic amines is 1. The van der Waals surface area contributed by atoms with Crippen molar-refractivity contribution in [1.29, 1.82) is 0 Å². The van der Waals surface area contributed by atoms with Crippen LogP contribution < -0.4 is 10.1 Å². The number of aryl methyl sites for hydroxylation is 1. The highest BCUT2D eigenvalue weighted by Crippen LogP contribution is 2.36. The predicted molar refractivity (Wildman–Crippen MR) is 102 cm³/mol. The number of halogens is 1. The topological polar surface area (TPSA) is 62.8 Å². The first-order valence-electron chi connectivity index (χ1n) is 7.86. The molecule has 0 atom stereocenters. The van der Waals surface area contributed by atoms with Gasteiger partial charge in [0, 0.05) is 28.9 Å². The fourth-order valence-electron chi connectivity index (χ4n) is 2.58. The lowest BCUT2D eigenvalue weighted by atomic mass is 10.0. The number of thiazole rings is 1. The molecule has 2 aromatic heterocycles. The van der Waals surface area contributed by atoms with Crippen LogP contribution in [0.3, 0.4) is 0 Å². The van der Waals surface area contributed by atoms with Crippen LogP contribution in [0.1, 0.15) is 23.1 Å². The number of nitrogens with zero attached hydrogens (tertiary/aromatic N) is 2. The van der Waals surface area contributed by atoms with Crippen molar-refractivity contribution in [1.82, 2.24) is 15.2 Å². The Balaban J connectivity index is 2.03. The lowest BCUT2D eigenvalue weighted by molar-refractivity contribution is 0.321. The molecule has 0 aliphatic rings. The summed E-state index contributed by atoms with van der Waals surface area (Å²) in [6.07, 6.45) is 5.35. The monoisotopic (exact) mass is 358 g/mol. The summed E-state index contributed by atoms with van der Waals surface area (Å²) >= 11 is 1.58. The molecule has 3 aromatic rings. The maximum atomic E-state index is 14.4. The average Bonchev–Trinajstić information content (AvgIpc) is 3.19. The zero-order chi connectivity index (χ0) is 18.0. The van der Waals surface area contributed by atoms with Crippen molar-refractivity contribution in [3.63, 3.8) is 0 Å². The van der Waals surface area contributed by atoms with Crippen molar-refractivity contribution in [2.45, 2.75) is 13.8 Å². The van der Waals surface area contributed by atoms with Crippen molar-refractivity contribution in [3.05, 3.63) is 46.9 Å². The molecular weight excluding hydrogens is 339 g/mol. The molecule has 0 spiro atoms. The number of allylic oxidation sites excluding steroid dienone is 2. The first-order chi connectivity index (χ1) is 12.0. The Morgan fingerprint density at radius 1 is 1.52 bits per heavy atom. The smallest absolute Gasteiger partial charge is 0.183 e. The lowest BCUT2D eigenvalue weighted by Crippen LogP contribution is -1.99. The number of benzene rings is 1. The predicted octanol–water partition coefficient (Wildman–Crippen LogP) is 4.63. The Morgan fingerprint density at radius 2 is 2.32 bits per heavy atom. The highest BCUT2D eigenvalue weighted by atomic mass is 32.1. The van der Waals surface area contributed by atoms with E-state index in [1.807, 2.05) is 33.0 Å². The SMILES string of the molecule is C=C(/C=C\c1nc(NC)sc1C)c1c(OCC)c(F)cc2[nH]ncc12. The third-order valence-corrected chi connectivity index (χ3v) is 4.76. The van der Waals surface area contributed by atoms with E-state index in [4.69, 9.17) is 4.74 Å². The molecule has 7 heteroatoms. The minimum atomic E-state index is -0.439.